The molecule has 0 radical (unpaired) electrons. The number of rotatable bonds is 7. The normalized spacial score (nSPS) is 23.8. The number of amides is 3. The van der Waals surface area contributed by atoms with E-state index in [0.717, 1.165) is 12.1 Å². The van der Waals surface area contributed by atoms with E-state index in [-0.39, 0.29) is 36.5 Å². The van der Waals surface area contributed by atoms with Crippen molar-refractivity contribution in [1.82, 2.24) is 21.1 Å². The van der Waals surface area contributed by atoms with Gasteiger partial charge in [-0.05, 0) is 37.8 Å². The number of carbonyl (C=O) groups excluding carboxylic acids is 3. The highest BCUT2D eigenvalue weighted by Gasteiger charge is 2.55. The van der Waals surface area contributed by atoms with Crippen molar-refractivity contribution in [2.24, 2.45) is 0 Å². The van der Waals surface area contributed by atoms with E-state index in [4.69, 9.17) is 16.3 Å². The van der Waals surface area contributed by atoms with Gasteiger partial charge in [0.05, 0.1) is 5.02 Å². The van der Waals surface area contributed by atoms with Crippen LogP contribution in [0.15, 0.2) is 28.8 Å². The highest BCUT2D eigenvalue weighted by Crippen LogP contribution is 2.39. The molecule has 13 heteroatoms. The molecule has 3 fully saturated rings. The van der Waals surface area contributed by atoms with Crippen molar-refractivity contribution in [2.75, 3.05) is 6.61 Å². The molecule has 0 atom stereocenters. The van der Waals surface area contributed by atoms with Crippen LogP contribution in [0.1, 0.15) is 48.4 Å². The lowest BCUT2D eigenvalue weighted by molar-refractivity contribution is -0.144. The number of benzene rings is 1. The zero-order valence-corrected chi connectivity index (χ0v) is 17.7. The molecule has 0 spiro atoms. The molecule has 0 unspecified atom stereocenters. The summed E-state index contributed by atoms with van der Waals surface area (Å²) >= 11 is 5.60. The van der Waals surface area contributed by atoms with E-state index in [1.165, 1.54) is 12.1 Å². The first-order valence-electron chi connectivity index (χ1n) is 9.90. The Morgan fingerprint density at radius 2 is 1.94 bits per heavy atom. The Morgan fingerprint density at radius 3 is 2.55 bits per heavy atom. The second-order valence-electron chi connectivity index (χ2n) is 7.90. The molecule has 2 aromatic rings. The Kier molecular flexibility index (Phi) is 5.95. The first-order chi connectivity index (χ1) is 15.6. The Morgan fingerprint density at radius 1 is 1.21 bits per heavy atom. The predicted molar refractivity (Wildman–Crippen MR) is 106 cm³/mol. The van der Waals surface area contributed by atoms with Crippen molar-refractivity contribution < 1.29 is 36.8 Å². The summed E-state index contributed by atoms with van der Waals surface area (Å²) in [5.74, 6) is -2.87. The van der Waals surface area contributed by atoms with Gasteiger partial charge in [0, 0.05) is 12.1 Å². The van der Waals surface area contributed by atoms with Gasteiger partial charge in [0.25, 0.3) is 18.2 Å². The van der Waals surface area contributed by atoms with E-state index in [0.29, 0.717) is 0 Å². The quantitative estimate of drug-likeness (QED) is 0.552. The van der Waals surface area contributed by atoms with Gasteiger partial charge in [-0.3, -0.25) is 14.4 Å². The fraction of sp³-hybridized carbons (Fsp3) is 0.400. The van der Waals surface area contributed by atoms with Crippen LogP contribution in [-0.4, -0.2) is 40.7 Å². The SMILES string of the molecule is O=C(COc1ccc(Cl)c(F)c1)NC12CCC(NC(=O)c3cc(C(F)F)no3)(CC1)NC2=O. The molecule has 3 amide bonds. The lowest BCUT2D eigenvalue weighted by Crippen LogP contribution is -2.76. The molecule has 3 N–H and O–H groups in total. The minimum atomic E-state index is -2.88. The zero-order valence-electron chi connectivity index (χ0n) is 16.9. The Hall–Kier alpha value is -3.28. The van der Waals surface area contributed by atoms with Crippen LogP contribution in [0, 0.1) is 5.82 Å². The van der Waals surface area contributed by atoms with E-state index >= 15 is 0 Å². The first kappa shape index (κ1) is 22.9. The van der Waals surface area contributed by atoms with Crippen LogP contribution >= 0.6 is 11.6 Å². The van der Waals surface area contributed by atoms with Gasteiger partial charge in [-0.25, -0.2) is 13.2 Å². The summed E-state index contributed by atoms with van der Waals surface area (Å²) in [6.45, 7) is -0.448. The number of nitrogens with one attached hydrogen (secondary N) is 3. The van der Waals surface area contributed by atoms with Crippen molar-refractivity contribution >= 4 is 29.3 Å². The Balaban J connectivity index is 1.34. The van der Waals surface area contributed by atoms with Crippen LogP contribution < -0.4 is 20.7 Å². The number of nitrogens with zero attached hydrogens (tertiary/aromatic N) is 1. The molecule has 2 aliphatic heterocycles. The van der Waals surface area contributed by atoms with Crippen LogP contribution in [0.2, 0.25) is 5.02 Å². The van der Waals surface area contributed by atoms with E-state index in [9.17, 15) is 27.6 Å². The van der Waals surface area contributed by atoms with Gasteiger partial charge in [-0.15, -0.1) is 0 Å². The predicted octanol–water partition coefficient (Wildman–Crippen LogP) is 2.47. The van der Waals surface area contributed by atoms with Gasteiger partial charge in [0.2, 0.25) is 11.7 Å². The molecule has 2 saturated heterocycles. The first-order valence-corrected chi connectivity index (χ1v) is 10.3. The second-order valence-corrected chi connectivity index (χ2v) is 8.31. The molecular formula is C20H18ClF3N4O5. The molecule has 1 aromatic carbocycles. The monoisotopic (exact) mass is 486 g/mol. The number of fused-ring (bicyclic) bond motifs is 3. The van der Waals surface area contributed by atoms with Gasteiger partial charge >= 0.3 is 0 Å². The second kappa shape index (κ2) is 8.58. The summed E-state index contributed by atoms with van der Waals surface area (Å²) in [5, 5.41) is 11.0. The highest BCUT2D eigenvalue weighted by molar-refractivity contribution is 6.30. The van der Waals surface area contributed by atoms with Gasteiger partial charge in [-0.1, -0.05) is 16.8 Å². The molecule has 1 aromatic heterocycles. The van der Waals surface area contributed by atoms with Crippen molar-refractivity contribution in [3.05, 3.63) is 46.6 Å². The number of hydrogen-bond acceptors (Lipinski definition) is 6. The van der Waals surface area contributed by atoms with Gasteiger partial charge in [0.15, 0.2) is 12.3 Å². The average Bonchev–Trinajstić information content (AvgIpc) is 3.27. The van der Waals surface area contributed by atoms with E-state index < -0.39 is 59.2 Å². The van der Waals surface area contributed by atoms with Crippen LogP contribution in [0.25, 0.3) is 0 Å². The third-order valence-corrected chi connectivity index (χ3v) is 6.02. The number of aromatic nitrogens is 1. The summed E-state index contributed by atoms with van der Waals surface area (Å²) in [4.78, 5) is 37.5. The summed E-state index contributed by atoms with van der Waals surface area (Å²) in [7, 11) is 0. The number of hydrogen-bond donors (Lipinski definition) is 3. The molecular weight excluding hydrogens is 469 g/mol. The van der Waals surface area contributed by atoms with E-state index in [1.807, 2.05) is 0 Å². The number of carbonyl (C=O) groups is 3. The van der Waals surface area contributed by atoms with E-state index in [2.05, 4.69) is 25.6 Å². The maximum Gasteiger partial charge on any atom is 0.291 e. The fourth-order valence-corrected chi connectivity index (χ4v) is 4.04. The zero-order chi connectivity index (χ0) is 23.8. The van der Waals surface area contributed by atoms with Crippen LogP contribution in [0.3, 0.4) is 0 Å². The molecule has 176 valence electrons. The molecule has 2 bridgehead atoms. The number of ether oxygens (including phenoxy) is 1. The molecule has 3 heterocycles. The van der Waals surface area contributed by atoms with Crippen LogP contribution in [0.5, 0.6) is 5.75 Å². The maximum absolute atomic E-state index is 13.5. The van der Waals surface area contributed by atoms with Gasteiger partial charge in [-0.2, -0.15) is 0 Å². The largest absolute Gasteiger partial charge is 0.484 e. The van der Waals surface area contributed by atoms with Gasteiger partial charge < -0.3 is 25.2 Å². The average molecular weight is 487 g/mol. The Labute approximate surface area is 190 Å². The van der Waals surface area contributed by atoms with Crippen LogP contribution in [-0.2, 0) is 9.59 Å². The summed E-state index contributed by atoms with van der Waals surface area (Å²) in [6.07, 6.45) is -1.88. The number of piperidine rings is 2. The minimum absolute atomic E-state index is 0.0832. The Bertz CT molecular complexity index is 1100. The third kappa shape index (κ3) is 4.61. The molecule has 9 nitrogen and oxygen atoms in total. The third-order valence-electron chi connectivity index (χ3n) is 5.71. The standard InChI is InChI=1S/C20H18ClF3N4O5/c21-11-2-1-10(7-12(11)22)32-9-15(29)25-19-3-5-20(6-4-19,27-18(19)31)26-17(30)14-8-13(16(23)24)28-33-14/h1-2,7-8,16H,3-6,9H2,(H,25,29)(H,26,30)(H,27,31). The molecule has 3 aliphatic rings. The fourth-order valence-electron chi connectivity index (χ4n) is 3.93. The number of alkyl halides is 2. The molecule has 33 heavy (non-hydrogen) atoms. The molecule has 5 rings (SSSR count). The molecule has 1 saturated carbocycles. The topological polar surface area (TPSA) is 123 Å². The summed E-state index contributed by atoms with van der Waals surface area (Å²) in [6, 6.07) is 4.57. The lowest BCUT2D eigenvalue weighted by atomic mass is 9.71. The van der Waals surface area contributed by atoms with Crippen LogP contribution in [0.4, 0.5) is 13.2 Å². The van der Waals surface area contributed by atoms with Crippen molar-refractivity contribution in [2.45, 2.75) is 43.3 Å². The lowest BCUT2D eigenvalue weighted by Gasteiger charge is -2.52. The summed E-state index contributed by atoms with van der Waals surface area (Å²) in [5.41, 5.74) is -2.96. The van der Waals surface area contributed by atoms with E-state index in [1.54, 1.807) is 0 Å². The molecule has 1 aliphatic carbocycles. The summed E-state index contributed by atoms with van der Waals surface area (Å²) < 4.78 is 48.7. The maximum atomic E-state index is 13.5. The highest BCUT2D eigenvalue weighted by atomic mass is 35.5. The van der Waals surface area contributed by atoms with Gasteiger partial charge in [0.1, 0.15) is 22.8 Å². The number of halogens is 4. The van der Waals surface area contributed by atoms with Crippen molar-refractivity contribution in [3.8, 4) is 5.75 Å². The van der Waals surface area contributed by atoms with Crippen molar-refractivity contribution in [3.63, 3.8) is 0 Å². The van der Waals surface area contributed by atoms with Crippen molar-refractivity contribution in [1.29, 1.82) is 0 Å². The minimum Gasteiger partial charge on any atom is -0.484 e. The smallest absolute Gasteiger partial charge is 0.291 e.